The number of ether oxygens (including phenoxy) is 2. The molecule has 174 valence electrons. The Morgan fingerprint density at radius 3 is 2.31 bits per heavy atom. The van der Waals surface area contributed by atoms with Crippen LogP contribution in [0.1, 0.15) is 60.2 Å². The van der Waals surface area contributed by atoms with Crippen molar-refractivity contribution in [2.75, 3.05) is 26.3 Å². The smallest absolute Gasteiger partial charge is 0.166 e. The first-order valence-electron chi connectivity index (χ1n) is 11.8. The lowest BCUT2D eigenvalue weighted by Crippen LogP contribution is -2.34. The maximum Gasteiger partial charge on any atom is 0.166 e. The highest BCUT2D eigenvalue weighted by atomic mass is 35.5. The van der Waals surface area contributed by atoms with Gasteiger partial charge in [0, 0.05) is 18.0 Å². The van der Waals surface area contributed by atoms with Gasteiger partial charge in [0.2, 0.25) is 0 Å². The normalized spacial score (nSPS) is 18.8. The van der Waals surface area contributed by atoms with Crippen LogP contribution in [-0.2, 0) is 13.0 Å². The highest BCUT2D eigenvalue weighted by Crippen LogP contribution is 2.40. The molecule has 4 nitrogen and oxygen atoms in total. The van der Waals surface area contributed by atoms with Gasteiger partial charge in [0.15, 0.2) is 17.3 Å². The molecule has 0 aromatic heterocycles. The minimum Gasteiger partial charge on any atom is -0.490 e. The monoisotopic (exact) mass is 457 g/mol. The van der Waals surface area contributed by atoms with Gasteiger partial charge in [0.05, 0.1) is 13.2 Å². The number of rotatable bonds is 8. The van der Waals surface area contributed by atoms with E-state index in [-0.39, 0.29) is 18.3 Å². The Bertz CT molecular complexity index is 921. The fourth-order valence-electron chi connectivity index (χ4n) is 5.12. The second-order valence-corrected chi connectivity index (χ2v) is 8.97. The molecular weight excluding hydrogens is 422 g/mol. The maximum atomic E-state index is 13.1. The zero-order valence-electron chi connectivity index (χ0n) is 19.6. The summed E-state index contributed by atoms with van der Waals surface area (Å²) in [7, 11) is 0. The number of carbonyl (C=O) groups is 1. The molecule has 4 rings (SSSR count). The first-order chi connectivity index (χ1) is 15.1. The fraction of sp³-hybridized carbons (Fsp3) is 0.519. The van der Waals surface area contributed by atoms with Gasteiger partial charge in [-0.2, -0.15) is 0 Å². The van der Waals surface area contributed by atoms with Gasteiger partial charge in [-0.25, -0.2) is 0 Å². The second kappa shape index (κ2) is 11.2. The number of halogens is 1. The average molecular weight is 458 g/mol. The van der Waals surface area contributed by atoms with Gasteiger partial charge in [-0.3, -0.25) is 9.69 Å². The number of hydrogen-bond donors (Lipinski definition) is 0. The third-order valence-corrected chi connectivity index (χ3v) is 6.85. The van der Waals surface area contributed by atoms with Crippen LogP contribution in [0.15, 0.2) is 36.4 Å². The van der Waals surface area contributed by atoms with Gasteiger partial charge < -0.3 is 9.47 Å². The molecule has 1 unspecified atom stereocenters. The summed E-state index contributed by atoms with van der Waals surface area (Å²) in [6.45, 7) is 10.6. The fourth-order valence-corrected chi connectivity index (χ4v) is 5.12. The lowest BCUT2D eigenvalue weighted by Gasteiger charge is -2.33. The minimum absolute atomic E-state index is 0. The summed E-state index contributed by atoms with van der Waals surface area (Å²) in [5, 5.41) is 0. The number of nitrogens with zero attached hydrogens (tertiary/aromatic N) is 1. The predicted octanol–water partition coefficient (Wildman–Crippen LogP) is 5.87. The number of benzene rings is 2. The molecule has 1 heterocycles. The second-order valence-electron chi connectivity index (χ2n) is 8.97. The molecule has 0 bridgehead atoms. The standard InChI is InChI=1S/C27H35NO3.ClH/c1-4-30-25-16-22-15-23(27(29)24(22)17-26(25)31-5-2)14-20-10-12-28(13-11-20)18-21-9-7-6-8-19(21)3;/h6-9,16-17,20,23H,4-5,10-15,18H2,1-3H3;1H. The van der Waals surface area contributed by atoms with Crippen LogP contribution in [0.25, 0.3) is 0 Å². The number of hydrogen-bond acceptors (Lipinski definition) is 4. The summed E-state index contributed by atoms with van der Waals surface area (Å²) in [6, 6.07) is 12.6. The van der Waals surface area contributed by atoms with Crippen LogP contribution in [0, 0.1) is 18.8 Å². The average Bonchev–Trinajstić information content (AvgIpc) is 3.06. The van der Waals surface area contributed by atoms with E-state index in [0.717, 1.165) is 49.4 Å². The van der Waals surface area contributed by atoms with E-state index >= 15 is 0 Å². The number of carbonyl (C=O) groups excluding carboxylic acids is 1. The highest BCUT2D eigenvalue weighted by Gasteiger charge is 2.34. The van der Waals surface area contributed by atoms with E-state index in [2.05, 4.69) is 36.1 Å². The van der Waals surface area contributed by atoms with E-state index in [0.29, 0.717) is 30.7 Å². The molecule has 5 heteroatoms. The first-order valence-corrected chi connectivity index (χ1v) is 11.8. The summed E-state index contributed by atoms with van der Waals surface area (Å²) in [5.74, 6) is 2.49. The highest BCUT2D eigenvalue weighted by molar-refractivity contribution is 6.02. The third-order valence-electron chi connectivity index (χ3n) is 6.85. The van der Waals surface area contributed by atoms with Crippen molar-refractivity contribution in [3.63, 3.8) is 0 Å². The van der Waals surface area contributed by atoms with E-state index in [1.54, 1.807) is 0 Å². The Kier molecular flexibility index (Phi) is 8.61. The van der Waals surface area contributed by atoms with Gasteiger partial charge in [0.25, 0.3) is 0 Å². The predicted molar refractivity (Wildman–Crippen MR) is 131 cm³/mol. The zero-order chi connectivity index (χ0) is 21.8. The van der Waals surface area contributed by atoms with Crippen LogP contribution in [0.2, 0.25) is 0 Å². The number of likely N-dealkylation sites (tertiary alicyclic amines) is 1. The molecule has 0 N–H and O–H groups in total. The van der Waals surface area contributed by atoms with Crippen molar-refractivity contribution in [1.29, 1.82) is 0 Å². The molecule has 2 aliphatic rings. The molecule has 0 spiro atoms. The van der Waals surface area contributed by atoms with E-state index in [1.807, 2.05) is 26.0 Å². The van der Waals surface area contributed by atoms with E-state index in [9.17, 15) is 4.79 Å². The van der Waals surface area contributed by atoms with E-state index in [4.69, 9.17) is 9.47 Å². The summed E-state index contributed by atoms with van der Waals surface area (Å²) in [5.41, 5.74) is 4.77. The van der Waals surface area contributed by atoms with Crippen molar-refractivity contribution >= 4 is 18.2 Å². The van der Waals surface area contributed by atoms with Crippen LogP contribution in [-0.4, -0.2) is 37.0 Å². The van der Waals surface area contributed by atoms with Crippen molar-refractivity contribution in [2.24, 2.45) is 11.8 Å². The number of aryl methyl sites for hydroxylation is 1. The number of ketones is 1. The van der Waals surface area contributed by atoms with Gasteiger partial charge in [-0.05, 0) is 94.3 Å². The van der Waals surface area contributed by atoms with E-state index < -0.39 is 0 Å². The molecule has 1 saturated heterocycles. The molecular formula is C27H36ClNO3. The molecule has 1 aliphatic heterocycles. The van der Waals surface area contributed by atoms with Crippen molar-refractivity contribution in [1.82, 2.24) is 4.90 Å². The molecule has 1 fully saturated rings. The molecule has 0 radical (unpaired) electrons. The SMILES string of the molecule is CCOc1cc2c(cc1OCC)C(=O)C(CC1CCN(Cc3ccccc3C)CC1)C2.Cl. The summed E-state index contributed by atoms with van der Waals surface area (Å²) >= 11 is 0. The quantitative estimate of drug-likeness (QED) is 0.496. The minimum atomic E-state index is 0. The van der Waals surface area contributed by atoms with Crippen LogP contribution < -0.4 is 9.47 Å². The number of piperidine rings is 1. The van der Waals surface area contributed by atoms with Crippen LogP contribution in [0.5, 0.6) is 11.5 Å². The van der Waals surface area contributed by atoms with Crippen LogP contribution >= 0.6 is 12.4 Å². The van der Waals surface area contributed by atoms with Crippen LogP contribution in [0.4, 0.5) is 0 Å². The first kappa shape index (κ1) is 24.6. The Labute approximate surface area is 198 Å². The molecule has 0 amide bonds. The van der Waals surface area contributed by atoms with Crippen molar-refractivity contribution in [2.45, 2.75) is 53.0 Å². The molecule has 1 aliphatic carbocycles. The van der Waals surface area contributed by atoms with Crippen molar-refractivity contribution in [3.8, 4) is 11.5 Å². The lowest BCUT2D eigenvalue weighted by molar-refractivity contribution is 0.0895. The Balaban J connectivity index is 0.00000289. The molecule has 2 aromatic carbocycles. The van der Waals surface area contributed by atoms with Crippen molar-refractivity contribution in [3.05, 3.63) is 58.7 Å². The van der Waals surface area contributed by atoms with Gasteiger partial charge in [0.1, 0.15) is 0 Å². The molecule has 1 atom stereocenters. The van der Waals surface area contributed by atoms with E-state index in [1.165, 1.54) is 24.0 Å². The third kappa shape index (κ3) is 5.47. The molecule has 32 heavy (non-hydrogen) atoms. The zero-order valence-corrected chi connectivity index (χ0v) is 20.4. The van der Waals surface area contributed by atoms with Gasteiger partial charge in [-0.15, -0.1) is 12.4 Å². The topological polar surface area (TPSA) is 38.8 Å². The Morgan fingerprint density at radius 1 is 1.00 bits per heavy atom. The Morgan fingerprint density at radius 2 is 1.66 bits per heavy atom. The lowest BCUT2D eigenvalue weighted by atomic mass is 9.85. The van der Waals surface area contributed by atoms with Crippen molar-refractivity contribution < 1.29 is 14.3 Å². The number of Topliss-reactive ketones (excluding diaryl/α,β-unsaturated/α-hetero) is 1. The Hall–Kier alpha value is -2.04. The molecule has 0 saturated carbocycles. The number of fused-ring (bicyclic) bond motifs is 1. The summed E-state index contributed by atoms with van der Waals surface area (Å²) in [6.07, 6.45) is 4.20. The largest absolute Gasteiger partial charge is 0.490 e. The summed E-state index contributed by atoms with van der Waals surface area (Å²) < 4.78 is 11.5. The summed E-state index contributed by atoms with van der Waals surface area (Å²) in [4.78, 5) is 15.7. The molecule has 2 aromatic rings. The van der Waals surface area contributed by atoms with Crippen LogP contribution in [0.3, 0.4) is 0 Å². The maximum absolute atomic E-state index is 13.1. The van der Waals surface area contributed by atoms with Gasteiger partial charge >= 0.3 is 0 Å². The van der Waals surface area contributed by atoms with Gasteiger partial charge in [-0.1, -0.05) is 24.3 Å².